The van der Waals surface area contributed by atoms with Crippen molar-refractivity contribution in [3.63, 3.8) is 0 Å². The summed E-state index contributed by atoms with van der Waals surface area (Å²) in [6.45, 7) is 0.364. The van der Waals surface area contributed by atoms with Gasteiger partial charge in [0.1, 0.15) is 5.69 Å². The summed E-state index contributed by atoms with van der Waals surface area (Å²) in [5.74, 6) is -0.659. The van der Waals surface area contributed by atoms with E-state index in [-0.39, 0.29) is 24.2 Å². The number of hydroxylamine groups is 1. The van der Waals surface area contributed by atoms with Gasteiger partial charge in [-0.05, 0) is 35.7 Å². The molecule has 0 radical (unpaired) electrons. The molecule has 2 aromatic carbocycles. The predicted molar refractivity (Wildman–Crippen MR) is 100.0 cm³/mol. The third kappa shape index (κ3) is 4.82. The highest BCUT2D eigenvalue weighted by molar-refractivity contribution is 5.93. The lowest BCUT2D eigenvalue weighted by Crippen LogP contribution is -2.18. The molecule has 29 heavy (non-hydrogen) atoms. The summed E-state index contributed by atoms with van der Waals surface area (Å²) in [5.41, 5.74) is 8.91. The fourth-order valence-corrected chi connectivity index (χ4v) is 2.89. The van der Waals surface area contributed by atoms with Gasteiger partial charge in [-0.2, -0.15) is 18.3 Å². The van der Waals surface area contributed by atoms with Gasteiger partial charge < -0.3 is 5.73 Å². The third-order valence-electron chi connectivity index (χ3n) is 4.49. The summed E-state index contributed by atoms with van der Waals surface area (Å²) < 4.78 is 41.3. The van der Waals surface area contributed by atoms with Crippen molar-refractivity contribution in [1.82, 2.24) is 15.3 Å². The topological polar surface area (TPSA) is 93.2 Å². The van der Waals surface area contributed by atoms with Crippen LogP contribution in [0.3, 0.4) is 0 Å². The van der Waals surface area contributed by atoms with Gasteiger partial charge in [-0.1, -0.05) is 36.4 Å². The molecule has 0 saturated carbocycles. The van der Waals surface area contributed by atoms with Gasteiger partial charge in [-0.25, -0.2) is 5.48 Å². The largest absolute Gasteiger partial charge is 0.433 e. The number of nitrogens with two attached hydrogens (primary N) is 1. The maximum absolute atomic E-state index is 13.5. The number of aryl methyl sites for hydroxylation is 2. The van der Waals surface area contributed by atoms with E-state index in [4.69, 9.17) is 10.9 Å². The Morgan fingerprint density at radius 1 is 1.07 bits per heavy atom. The fraction of sp³-hybridized carbons (Fsp3) is 0.200. The molecule has 0 unspecified atom stereocenters. The number of nitrogens with one attached hydrogen (secondary N) is 1. The van der Waals surface area contributed by atoms with Crippen molar-refractivity contribution in [2.45, 2.75) is 25.7 Å². The van der Waals surface area contributed by atoms with Gasteiger partial charge >= 0.3 is 6.18 Å². The molecule has 0 fully saturated rings. The molecular weight excluding hydrogens is 385 g/mol. The van der Waals surface area contributed by atoms with Crippen LogP contribution in [-0.2, 0) is 25.7 Å². The summed E-state index contributed by atoms with van der Waals surface area (Å²) in [6, 6.07) is 14.1. The van der Waals surface area contributed by atoms with Crippen LogP contribution in [-0.4, -0.2) is 20.9 Å². The molecule has 0 atom stereocenters. The Bertz CT molecular complexity index is 980. The minimum atomic E-state index is -4.54. The monoisotopic (exact) mass is 404 g/mol. The van der Waals surface area contributed by atoms with Crippen LogP contribution in [0.4, 0.5) is 13.2 Å². The van der Waals surface area contributed by atoms with Crippen LogP contribution in [0.5, 0.6) is 0 Å². The van der Waals surface area contributed by atoms with E-state index in [2.05, 4.69) is 5.10 Å². The number of halogens is 3. The summed E-state index contributed by atoms with van der Waals surface area (Å²) in [4.78, 5) is 11.3. The quantitative estimate of drug-likeness (QED) is 0.434. The Balaban J connectivity index is 1.82. The van der Waals surface area contributed by atoms with Crippen molar-refractivity contribution >= 4 is 5.91 Å². The van der Waals surface area contributed by atoms with Crippen molar-refractivity contribution < 1.29 is 23.2 Å². The lowest BCUT2D eigenvalue weighted by Gasteiger charge is -2.10. The van der Waals surface area contributed by atoms with Gasteiger partial charge in [0.25, 0.3) is 5.91 Å². The minimum Gasteiger partial charge on any atom is -0.326 e. The number of carbonyl (C=O) groups is 1. The Hall–Kier alpha value is -3.17. The summed E-state index contributed by atoms with van der Waals surface area (Å²) in [7, 11) is 0. The smallest absolute Gasteiger partial charge is 0.326 e. The molecule has 0 aliphatic heterocycles. The number of benzene rings is 2. The molecule has 0 spiro atoms. The minimum absolute atomic E-state index is 0.0151. The van der Waals surface area contributed by atoms with E-state index in [1.165, 1.54) is 17.6 Å². The van der Waals surface area contributed by atoms with Crippen LogP contribution >= 0.6 is 0 Å². The number of rotatable bonds is 6. The number of hydrogen-bond donors (Lipinski definition) is 3. The lowest BCUT2D eigenvalue weighted by molar-refractivity contribution is -0.144. The zero-order chi connectivity index (χ0) is 21.0. The molecule has 1 heterocycles. The Labute approximate surface area is 164 Å². The van der Waals surface area contributed by atoms with E-state index in [1.807, 2.05) is 0 Å². The van der Waals surface area contributed by atoms with E-state index in [0.717, 1.165) is 21.9 Å². The van der Waals surface area contributed by atoms with E-state index in [0.29, 0.717) is 12.1 Å². The van der Waals surface area contributed by atoms with Crippen LogP contribution < -0.4 is 11.2 Å². The highest BCUT2D eigenvalue weighted by Crippen LogP contribution is 2.32. The molecule has 6 nitrogen and oxygen atoms in total. The first-order chi connectivity index (χ1) is 13.8. The number of alkyl halides is 3. The SMILES string of the molecule is NCc1ccc(-c2cc(C(F)(F)F)n(CCc3ccc(C(=O)NO)cc3)n2)cc1. The van der Waals surface area contributed by atoms with E-state index >= 15 is 0 Å². The van der Waals surface area contributed by atoms with Crippen molar-refractivity contribution in [2.75, 3.05) is 0 Å². The normalized spacial score (nSPS) is 11.5. The molecule has 9 heteroatoms. The Morgan fingerprint density at radius 2 is 1.69 bits per heavy atom. The van der Waals surface area contributed by atoms with Crippen LogP contribution in [0, 0.1) is 0 Å². The first-order valence-corrected chi connectivity index (χ1v) is 8.79. The van der Waals surface area contributed by atoms with E-state index in [9.17, 15) is 18.0 Å². The van der Waals surface area contributed by atoms with E-state index in [1.54, 1.807) is 36.4 Å². The van der Waals surface area contributed by atoms with E-state index < -0.39 is 17.8 Å². The van der Waals surface area contributed by atoms with Crippen molar-refractivity contribution in [1.29, 1.82) is 0 Å². The highest BCUT2D eigenvalue weighted by Gasteiger charge is 2.35. The standard InChI is InChI=1S/C20H19F3N4O2/c21-20(22,23)18-11-17(15-5-3-14(12-24)4-6-15)25-27(18)10-9-13-1-7-16(8-2-13)19(28)26-29/h1-8,11,29H,9-10,12,24H2,(H,26,28). The van der Waals surface area contributed by atoms with Gasteiger partial charge in [0, 0.05) is 24.2 Å². The summed E-state index contributed by atoms with van der Waals surface area (Å²) >= 11 is 0. The predicted octanol–water partition coefficient (Wildman–Crippen LogP) is 3.39. The molecule has 1 amide bonds. The van der Waals surface area contributed by atoms with Crippen molar-refractivity contribution in [3.05, 3.63) is 77.0 Å². The molecule has 1 aromatic heterocycles. The van der Waals surface area contributed by atoms with Crippen LogP contribution in [0.2, 0.25) is 0 Å². The van der Waals surface area contributed by atoms with Crippen molar-refractivity contribution in [2.24, 2.45) is 5.73 Å². The summed E-state index contributed by atoms with van der Waals surface area (Å²) in [5, 5.41) is 12.8. The second-order valence-corrected chi connectivity index (χ2v) is 6.42. The maximum Gasteiger partial charge on any atom is 0.433 e. The molecule has 3 rings (SSSR count). The van der Waals surface area contributed by atoms with Crippen LogP contribution in [0.25, 0.3) is 11.3 Å². The second kappa shape index (κ2) is 8.46. The zero-order valence-electron chi connectivity index (χ0n) is 15.3. The number of hydrogen-bond acceptors (Lipinski definition) is 4. The van der Waals surface area contributed by atoms with Crippen LogP contribution in [0.15, 0.2) is 54.6 Å². The average molecular weight is 404 g/mol. The molecule has 0 aliphatic carbocycles. The van der Waals surface area contributed by atoms with Gasteiger partial charge in [-0.15, -0.1) is 0 Å². The van der Waals surface area contributed by atoms with Crippen LogP contribution in [0.1, 0.15) is 27.2 Å². The molecule has 3 aromatic rings. The summed E-state index contributed by atoms with van der Waals surface area (Å²) in [6.07, 6.45) is -4.25. The molecule has 0 aliphatic rings. The molecule has 0 bridgehead atoms. The first-order valence-electron chi connectivity index (χ1n) is 8.79. The second-order valence-electron chi connectivity index (χ2n) is 6.42. The molecule has 0 saturated heterocycles. The highest BCUT2D eigenvalue weighted by atomic mass is 19.4. The molecule has 4 N–H and O–H groups in total. The molecule has 152 valence electrons. The lowest BCUT2D eigenvalue weighted by atomic mass is 10.1. The van der Waals surface area contributed by atoms with Gasteiger partial charge in [0.15, 0.2) is 0 Å². The Kier molecular flexibility index (Phi) is 6.00. The number of carbonyl (C=O) groups excluding carboxylic acids is 1. The van der Waals surface area contributed by atoms with Gasteiger partial charge in [0.05, 0.1) is 5.69 Å². The van der Waals surface area contributed by atoms with Crippen molar-refractivity contribution in [3.8, 4) is 11.3 Å². The number of nitrogens with zero attached hydrogens (tertiary/aromatic N) is 2. The van der Waals surface area contributed by atoms with Gasteiger partial charge in [-0.3, -0.25) is 14.7 Å². The fourth-order valence-electron chi connectivity index (χ4n) is 2.89. The average Bonchev–Trinajstić information content (AvgIpc) is 3.17. The third-order valence-corrected chi connectivity index (χ3v) is 4.49. The van der Waals surface area contributed by atoms with Gasteiger partial charge in [0.2, 0.25) is 0 Å². The Morgan fingerprint density at radius 3 is 2.24 bits per heavy atom. The maximum atomic E-state index is 13.5. The first kappa shape index (κ1) is 20.6. The number of aromatic nitrogens is 2. The number of amides is 1. The zero-order valence-corrected chi connectivity index (χ0v) is 15.3. The molecular formula is C20H19F3N4O2.